The number of hydrogen-bond acceptors (Lipinski definition) is 6. The van der Waals surface area contributed by atoms with Crippen LogP contribution < -0.4 is 9.80 Å². The molecule has 0 amide bonds. The van der Waals surface area contributed by atoms with Crippen molar-refractivity contribution in [3.8, 4) is 0 Å². The van der Waals surface area contributed by atoms with Gasteiger partial charge in [-0.1, -0.05) is 154 Å². The van der Waals surface area contributed by atoms with Gasteiger partial charge < -0.3 is 27.5 Å². The lowest BCUT2D eigenvalue weighted by Gasteiger charge is -2.32. The van der Waals surface area contributed by atoms with Crippen molar-refractivity contribution in [3.63, 3.8) is 0 Å². The number of para-hydroxylation sites is 6. The van der Waals surface area contributed by atoms with Gasteiger partial charge in [-0.2, -0.15) is 0 Å². The molecule has 0 saturated carbocycles. The highest BCUT2D eigenvalue weighted by molar-refractivity contribution is 6.30. The van der Waals surface area contributed by atoms with Crippen LogP contribution in [0.5, 0.6) is 0 Å². The summed E-state index contributed by atoms with van der Waals surface area (Å²) in [5.41, 5.74) is 13.6. The van der Waals surface area contributed by atoms with Crippen LogP contribution in [0.3, 0.4) is 0 Å². The summed E-state index contributed by atoms with van der Waals surface area (Å²) in [7, 11) is 0. The number of nitrogens with zero attached hydrogens (tertiary/aromatic N) is 2. The van der Waals surface area contributed by atoms with E-state index >= 15 is 0 Å². The molecule has 12 aromatic carbocycles. The van der Waals surface area contributed by atoms with Gasteiger partial charge in [0.05, 0.1) is 22.7 Å². The van der Waals surface area contributed by atoms with Crippen LogP contribution in [0.2, 0.25) is 0 Å². The maximum Gasteiger partial charge on any atom is 0.159 e. The first-order valence-corrected chi connectivity index (χ1v) is 25.3. The SMILES string of the molecule is CC(C)(C)c1cc2ccc3c(N(c4ccc5oc6ccccc6c5c4)c4cccc5c4oc4ccccc45)cc(N(c4ccc5oc6ccccc6c5c4)c4cccc5c4oc4ccccc45)c4ccc(c1)c2c34. The fourth-order valence-corrected chi connectivity index (χ4v) is 12.0. The van der Waals surface area contributed by atoms with E-state index in [0.717, 1.165) is 133 Å². The molecule has 6 heteroatoms. The standard InChI is InChI=1S/C68H44N2O4/c1-68(2,3)41-34-39-26-30-50-56(69(42-28-32-62-52(36-42)46-16-6-8-22-58(46)71-62)54-20-12-18-48-44-14-4-10-24-60(44)73-66(48)54)38-57(51-31-27-40(35-41)64(39)65(50)51)70(43-29-33-63-53(37-43)47-17-7-9-23-59(47)72-63)55-21-13-19-49-45-15-5-11-25-61(45)74-67(49)55/h4-38H,1-3H3. The van der Waals surface area contributed by atoms with Gasteiger partial charge in [0, 0.05) is 70.6 Å². The predicted molar refractivity (Wildman–Crippen MR) is 307 cm³/mol. The van der Waals surface area contributed by atoms with Crippen LogP contribution >= 0.6 is 0 Å². The van der Waals surface area contributed by atoms with Gasteiger partial charge in [-0.05, 0) is 106 Å². The van der Waals surface area contributed by atoms with Crippen LogP contribution in [0.4, 0.5) is 34.1 Å². The maximum atomic E-state index is 6.99. The summed E-state index contributed by atoms with van der Waals surface area (Å²) >= 11 is 0. The third kappa shape index (κ3) is 5.88. The molecule has 0 radical (unpaired) electrons. The van der Waals surface area contributed by atoms with Gasteiger partial charge in [-0.3, -0.25) is 0 Å². The maximum absolute atomic E-state index is 6.99. The van der Waals surface area contributed by atoms with E-state index in [-0.39, 0.29) is 5.41 Å². The molecule has 0 fully saturated rings. The minimum atomic E-state index is -0.0588. The van der Waals surface area contributed by atoms with Crippen LogP contribution in [-0.2, 0) is 5.41 Å². The van der Waals surface area contributed by atoms with Crippen LogP contribution in [0.25, 0.3) is 120 Å². The lowest BCUT2D eigenvalue weighted by Crippen LogP contribution is -2.15. The van der Waals surface area contributed by atoms with E-state index in [2.05, 4.69) is 206 Å². The molecule has 0 aliphatic heterocycles. The zero-order chi connectivity index (χ0) is 49.0. The number of furan rings is 4. The Bertz CT molecular complexity index is 4680. The Kier molecular flexibility index (Phi) is 8.34. The molecule has 0 aliphatic carbocycles. The quantitative estimate of drug-likeness (QED) is 0.155. The highest BCUT2D eigenvalue weighted by Gasteiger charge is 2.29. The molecule has 6 nitrogen and oxygen atoms in total. The largest absolute Gasteiger partial charge is 0.456 e. The molecule has 16 aromatic rings. The van der Waals surface area contributed by atoms with Crippen molar-refractivity contribution in [2.24, 2.45) is 0 Å². The normalized spacial score (nSPS) is 12.5. The molecule has 0 bridgehead atoms. The first-order chi connectivity index (χ1) is 36.3. The summed E-state index contributed by atoms with van der Waals surface area (Å²) in [5, 5.41) is 15.4. The van der Waals surface area contributed by atoms with E-state index in [1.807, 2.05) is 36.4 Å². The Morgan fingerprint density at radius 2 is 0.676 bits per heavy atom. The Labute approximate surface area is 423 Å². The number of rotatable bonds is 6. The number of benzene rings is 12. The Morgan fingerprint density at radius 1 is 0.284 bits per heavy atom. The first-order valence-electron chi connectivity index (χ1n) is 25.3. The van der Waals surface area contributed by atoms with E-state index in [1.165, 1.54) is 27.1 Å². The fraction of sp³-hybridized carbons (Fsp3) is 0.0588. The van der Waals surface area contributed by atoms with Crippen molar-refractivity contribution >= 4 is 154 Å². The predicted octanol–water partition coefficient (Wildman–Crippen LogP) is 20.4. The molecule has 0 unspecified atom stereocenters. The second-order valence-electron chi connectivity index (χ2n) is 20.8. The van der Waals surface area contributed by atoms with Crippen LogP contribution in [0, 0.1) is 0 Å². The lowest BCUT2D eigenvalue weighted by molar-refractivity contribution is 0.591. The highest BCUT2D eigenvalue weighted by Crippen LogP contribution is 2.54. The minimum absolute atomic E-state index is 0.0588. The van der Waals surface area contributed by atoms with Gasteiger partial charge in [0.25, 0.3) is 0 Å². The summed E-state index contributed by atoms with van der Waals surface area (Å²) in [6, 6.07) is 75.9. The van der Waals surface area contributed by atoms with E-state index in [4.69, 9.17) is 17.7 Å². The molecule has 0 atom stereocenters. The molecule has 350 valence electrons. The van der Waals surface area contributed by atoms with Crippen molar-refractivity contribution in [2.75, 3.05) is 9.80 Å². The molecule has 16 rings (SSSR count). The molecule has 4 aromatic heterocycles. The van der Waals surface area contributed by atoms with Gasteiger partial charge in [0.1, 0.15) is 33.5 Å². The monoisotopic (exact) mass is 952 g/mol. The van der Waals surface area contributed by atoms with Gasteiger partial charge in [0.15, 0.2) is 11.2 Å². The van der Waals surface area contributed by atoms with Crippen molar-refractivity contribution < 1.29 is 17.7 Å². The smallest absolute Gasteiger partial charge is 0.159 e. The van der Waals surface area contributed by atoms with Crippen LogP contribution in [0.15, 0.2) is 230 Å². The molecule has 0 saturated heterocycles. The zero-order valence-corrected chi connectivity index (χ0v) is 40.7. The van der Waals surface area contributed by atoms with Gasteiger partial charge >= 0.3 is 0 Å². The highest BCUT2D eigenvalue weighted by atomic mass is 16.3. The van der Waals surface area contributed by atoms with E-state index in [1.54, 1.807) is 0 Å². The van der Waals surface area contributed by atoms with Crippen molar-refractivity contribution in [2.45, 2.75) is 26.2 Å². The Hall–Kier alpha value is -9.52. The third-order valence-corrected chi connectivity index (χ3v) is 15.5. The second kappa shape index (κ2) is 15.0. The zero-order valence-electron chi connectivity index (χ0n) is 40.7. The van der Waals surface area contributed by atoms with Crippen LogP contribution in [-0.4, -0.2) is 0 Å². The number of hydrogen-bond donors (Lipinski definition) is 0. The van der Waals surface area contributed by atoms with Gasteiger partial charge in [0.2, 0.25) is 0 Å². The Morgan fingerprint density at radius 3 is 1.12 bits per heavy atom. The molecule has 0 aliphatic rings. The first kappa shape index (κ1) is 41.1. The summed E-state index contributed by atoms with van der Waals surface area (Å²) in [5.74, 6) is 0. The topological polar surface area (TPSA) is 59.0 Å². The number of fused-ring (bicyclic) bond motifs is 12. The third-order valence-electron chi connectivity index (χ3n) is 15.5. The molecular weight excluding hydrogens is 909 g/mol. The van der Waals surface area contributed by atoms with Gasteiger partial charge in [-0.15, -0.1) is 0 Å². The average molecular weight is 953 g/mol. The molecule has 74 heavy (non-hydrogen) atoms. The Balaban J connectivity index is 1.08. The van der Waals surface area contributed by atoms with E-state index in [0.29, 0.717) is 0 Å². The summed E-state index contributed by atoms with van der Waals surface area (Å²) in [6.07, 6.45) is 0. The fourth-order valence-electron chi connectivity index (χ4n) is 12.0. The summed E-state index contributed by atoms with van der Waals surface area (Å²) < 4.78 is 27.0. The van der Waals surface area contributed by atoms with Crippen molar-refractivity contribution in [1.82, 2.24) is 0 Å². The molecular formula is C68H44N2O4. The summed E-state index contributed by atoms with van der Waals surface area (Å²) in [4.78, 5) is 4.82. The van der Waals surface area contributed by atoms with Crippen molar-refractivity contribution in [3.05, 3.63) is 218 Å². The molecule has 4 heterocycles. The van der Waals surface area contributed by atoms with Crippen molar-refractivity contribution in [1.29, 1.82) is 0 Å². The average Bonchev–Trinajstić information content (AvgIpc) is 4.22. The second-order valence-corrected chi connectivity index (χ2v) is 20.8. The lowest BCUT2D eigenvalue weighted by atomic mass is 9.83. The molecule has 0 N–H and O–H groups in total. The number of anilines is 6. The van der Waals surface area contributed by atoms with E-state index < -0.39 is 0 Å². The van der Waals surface area contributed by atoms with Crippen LogP contribution in [0.1, 0.15) is 26.3 Å². The summed E-state index contributed by atoms with van der Waals surface area (Å²) in [6.45, 7) is 6.88. The molecule has 0 spiro atoms. The van der Waals surface area contributed by atoms with E-state index in [9.17, 15) is 0 Å². The van der Waals surface area contributed by atoms with Gasteiger partial charge in [-0.25, -0.2) is 0 Å². The minimum Gasteiger partial charge on any atom is -0.456 e.